The van der Waals surface area contributed by atoms with Crippen molar-refractivity contribution in [3.05, 3.63) is 52.6 Å². The van der Waals surface area contributed by atoms with Gasteiger partial charge in [0.2, 0.25) is 17.7 Å². The van der Waals surface area contributed by atoms with Crippen molar-refractivity contribution >= 4 is 46.8 Å². The average Bonchev–Trinajstić information content (AvgIpc) is 3.35. The van der Waals surface area contributed by atoms with Crippen molar-refractivity contribution in [2.75, 3.05) is 70.1 Å². The Labute approximate surface area is 284 Å². The summed E-state index contributed by atoms with van der Waals surface area (Å²) in [4.78, 5) is 86.0. The van der Waals surface area contributed by atoms with Gasteiger partial charge >= 0.3 is 0 Å². The lowest BCUT2D eigenvalue weighted by Crippen LogP contribution is -2.54. The molecule has 5 heterocycles. The number of nitrogen functional groups attached to an aromatic ring is 1. The number of nitrogens with one attached hydrogen (secondary N) is 1. The number of carbonyl (C=O) groups excluding carboxylic acids is 6. The van der Waals surface area contributed by atoms with Gasteiger partial charge in [-0.25, -0.2) is 0 Å². The minimum Gasteiger partial charge on any atom is -0.495 e. The molecule has 0 aromatic heterocycles. The van der Waals surface area contributed by atoms with Gasteiger partial charge in [0.15, 0.2) is 0 Å². The second-order valence-electron chi connectivity index (χ2n) is 13.4. The predicted molar refractivity (Wildman–Crippen MR) is 178 cm³/mol. The summed E-state index contributed by atoms with van der Waals surface area (Å²) in [7, 11) is 1.54. The molecule has 0 spiro atoms. The number of likely N-dealkylation sites (tertiary alicyclic amines) is 1. The predicted octanol–water partition coefficient (Wildman–Crippen LogP) is 0.880. The number of amides is 6. The van der Waals surface area contributed by atoms with E-state index < -0.39 is 29.7 Å². The minimum atomic E-state index is -0.992. The summed E-state index contributed by atoms with van der Waals surface area (Å²) in [5.74, 6) is -1.44. The summed E-state index contributed by atoms with van der Waals surface area (Å²) in [6.45, 7) is 5.43. The average molecular weight is 672 g/mol. The molecular weight excluding hydrogens is 630 g/mol. The number of fused-ring (bicyclic) bond motifs is 2. The van der Waals surface area contributed by atoms with E-state index in [1.165, 1.54) is 0 Å². The van der Waals surface area contributed by atoms with Crippen LogP contribution in [0.25, 0.3) is 0 Å². The third-order valence-electron chi connectivity index (χ3n) is 10.6. The number of piperazine rings is 1. The molecule has 0 saturated carbocycles. The van der Waals surface area contributed by atoms with E-state index in [0.29, 0.717) is 62.7 Å². The first-order chi connectivity index (χ1) is 23.6. The molecule has 0 aliphatic carbocycles. The third-order valence-corrected chi connectivity index (χ3v) is 10.6. The molecule has 258 valence electrons. The number of hydrogen-bond acceptors (Lipinski definition) is 10. The number of piperidine rings is 2. The van der Waals surface area contributed by atoms with Gasteiger partial charge in [0.1, 0.15) is 11.8 Å². The highest BCUT2D eigenvalue weighted by Gasteiger charge is 2.45. The van der Waals surface area contributed by atoms with Crippen LogP contribution in [0.2, 0.25) is 0 Å². The van der Waals surface area contributed by atoms with Gasteiger partial charge < -0.3 is 25.2 Å². The fraction of sp³-hybridized carbons (Fsp3) is 0.486. The van der Waals surface area contributed by atoms with Gasteiger partial charge in [-0.15, -0.1) is 0 Å². The van der Waals surface area contributed by atoms with Crippen LogP contribution in [0.5, 0.6) is 5.75 Å². The zero-order chi connectivity index (χ0) is 34.4. The van der Waals surface area contributed by atoms with E-state index >= 15 is 0 Å². The zero-order valence-corrected chi connectivity index (χ0v) is 27.6. The van der Waals surface area contributed by atoms with Gasteiger partial charge in [0.05, 0.1) is 23.9 Å². The molecule has 2 aromatic rings. The van der Waals surface area contributed by atoms with Crippen molar-refractivity contribution in [2.45, 2.75) is 50.6 Å². The number of hydrogen-bond donors (Lipinski definition) is 2. The molecule has 14 nitrogen and oxygen atoms in total. The molecule has 3 saturated heterocycles. The highest BCUT2D eigenvalue weighted by molar-refractivity contribution is 6.23. The van der Waals surface area contributed by atoms with E-state index in [2.05, 4.69) is 15.1 Å². The number of methoxy groups -OCH3 is 1. The lowest BCUT2D eigenvalue weighted by atomic mass is 9.94. The lowest BCUT2D eigenvalue weighted by molar-refractivity contribution is -0.136. The monoisotopic (exact) mass is 671 g/mol. The maximum absolute atomic E-state index is 13.4. The number of imide groups is 2. The fourth-order valence-electron chi connectivity index (χ4n) is 7.80. The van der Waals surface area contributed by atoms with Crippen LogP contribution in [0.1, 0.15) is 68.7 Å². The van der Waals surface area contributed by atoms with Crippen molar-refractivity contribution < 1.29 is 33.5 Å². The normalized spacial score (nSPS) is 22.0. The van der Waals surface area contributed by atoms with E-state index in [4.69, 9.17) is 10.5 Å². The van der Waals surface area contributed by atoms with Crippen molar-refractivity contribution in [1.29, 1.82) is 0 Å². The number of anilines is 2. The lowest BCUT2D eigenvalue weighted by Gasteiger charge is -2.41. The summed E-state index contributed by atoms with van der Waals surface area (Å²) in [5, 5.41) is 2.22. The molecule has 7 rings (SSSR count). The molecule has 2 aromatic carbocycles. The maximum Gasteiger partial charge on any atom is 0.262 e. The second-order valence-corrected chi connectivity index (χ2v) is 13.4. The van der Waals surface area contributed by atoms with E-state index in [0.717, 1.165) is 48.5 Å². The molecule has 3 fully saturated rings. The first kappa shape index (κ1) is 32.6. The van der Waals surface area contributed by atoms with Gasteiger partial charge in [-0.1, -0.05) is 0 Å². The maximum atomic E-state index is 13.4. The Kier molecular flexibility index (Phi) is 8.73. The summed E-state index contributed by atoms with van der Waals surface area (Å²) >= 11 is 0. The molecule has 14 heteroatoms. The SMILES string of the molecule is COc1cc2c(cc1N)CCN(C1CCN(C(=O)CCN3CCN(c4ccc5c(c4)C(=O)N(C4CCC(=O)NC4=O)C5=O)CC3)CC1)C2=O. The molecule has 0 radical (unpaired) electrons. The van der Waals surface area contributed by atoms with Gasteiger partial charge in [-0.3, -0.25) is 43.9 Å². The Morgan fingerprint density at radius 2 is 1.57 bits per heavy atom. The highest BCUT2D eigenvalue weighted by Crippen LogP contribution is 2.33. The topological polar surface area (TPSA) is 166 Å². The molecule has 1 unspecified atom stereocenters. The first-order valence-electron chi connectivity index (χ1n) is 17.0. The number of nitrogens with zero attached hydrogens (tertiary/aromatic N) is 5. The summed E-state index contributed by atoms with van der Waals surface area (Å²) in [6, 6.07) is 7.85. The van der Waals surface area contributed by atoms with E-state index in [-0.39, 0.29) is 41.8 Å². The Balaban J connectivity index is 0.872. The summed E-state index contributed by atoms with van der Waals surface area (Å²) in [6.07, 6.45) is 2.86. The van der Waals surface area contributed by atoms with Gasteiger partial charge in [-0.2, -0.15) is 0 Å². The van der Waals surface area contributed by atoms with Crippen LogP contribution < -0.4 is 20.7 Å². The van der Waals surface area contributed by atoms with Crippen LogP contribution in [-0.2, 0) is 20.8 Å². The number of rotatable bonds is 7. The van der Waals surface area contributed by atoms with Crippen LogP contribution in [0.4, 0.5) is 11.4 Å². The van der Waals surface area contributed by atoms with Gasteiger partial charge in [-0.05, 0) is 61.6 Å². The second kappa shape index (κ2) is 13.1. The standard InChI is InChI=1S/C35H41N7O7/c1-49-29-20-25-21(18-27(29)36)6-13-41(33(25)46)22-7-11-40(12-8-22)31(44)9-10-38-14-16-39(17-15-38)23-2-3-24-26(19-23)35(48)42(34(24)47)28-4-5-30(43)37-32(28)45/h2-3,18-20,22,28H,4-17,36H2,1H3,(H,37,43,45). The van der Waals surface area contributed by atoms with Gasteiger partial charge in [0, 0.05) is 82.5 Å². The van der Waals surface area contributed by atoms with Crippen LogP contribution in [0.3, 0.4) is 0 Å². The van der Waals surface area contributed by atoms with Crippen molar-refractivity contribution in [1.82, 2.24) is 24.9 Å². The van der Waals surface area contributed by atoms with Crippen molar-refractivity contribution in [3.63, 3.8) is 0 Å². The summed E-state index contributed by atoms with van der Waals surface area (Å²) in [5.41, 5.74) is 9.53. The minimum absolute atomic E-state index is 0.00218. The summed E-state index contributed by atoms with van der Waals surface area (Å²) < 4.78 is 5.33. The number of nitrogens with two attached hydrogens (primary N) is 1. The molecule has 5 aliphatic rings. The molecule has 0 bridgehead atoms. The van der Waals surface area contributed by atoms with Crippen molar-refractivity contribution in [2.24, 2.45) is 0 Å². The Morgan fingerprint density at radius 3 is 2.29 bits per heavy atom. The smallest absolute Gasteiger partial charge is 0.262 e. The third kappa shape index (κ3) is 6.09. The van der Waals surface area contributed by atoms with Crippen molar-refractivity contribution in [3.8, 4) is 5.75 Å². The molecule has 6 amide bonds. The first-order valence-corrected chi connectivity index (χ1v) is 17.0. The number of ether oxygens (including phenoxy) is 1. The largest absolute Gasteiger partial charge is 0.495 e. The Morgan fingerprint density at radius 1 is 0.837 bits per heavy atom. The Bertz CT molecular complexity index is 1730. The van der Waals surface area contributed by atoms with Crippen LogP contribution in [-0.4, -0.2) is 127 Å². The van der Waals surface area contributed by atoms with Crippen LogP contribution >= 0.6 is 0 Å². The molecule has 1 atom stereocenters. The number of benzene rings is 2. The highest BCUT2D eigenvalue weighted by atomic mass is 16.5. The molecule has 49 heavy (non-hydrogen) atoms. The quantitative estimate of drug-likeness (QED) is 0.319. The molecular formula is C35H41N7O7. The number of carbonyl (C=O) groups is 6. The zero-order valence-electron chi connectivity index (χ0n) is 27.6. The van der Waals surface area contributed by atoms with E-state index in [1.807, 2.05) is 21.9 Å². The fourth-order valence-corrected chi connectivity index (χ4v) is 7.80. The van der Waals surface area contributed by atoms with E-state index in [1.54, 1.807) is 25.3 Å². The van der Waals surface area contributed by atoms with Crippen LogP contribution in [0.15, 0.2) is 30.3 Å². The molecule has 5 aliphatic heterocycles. The van der Waals surface area contributed by atoms with Crippen LogP contribution in [0, 0.1) is 0 Å². The Hall–Kier alpha value is -4.98. The van der Waals surface area contributed by atoms with E-state index in [9.17, 15) is 28.8 Å². The van der Waals surface area contributed by atoms with Gasteiger partial charge in [0.25, 0.3) is 17.7 Å². The molecule has 3 N–H and O–H groups in total.